The van der Waals surface area contributed by atoms with Crippen LogP contribution < -0.4 is 5.32 Å². The van der Waals surface area contributed by atoms with E-state index < -0.39 is 0 Å². The highest BCUT2D eigenvalue weighted by molar-refractivity contribution is 6.30. The second-order valence-electron chi connectivity index (χ2n) is 5.21. The second-order valence-corrected chi connectivity index (χ2v) is 5.64. The number of hydrogen-bond donors (Lipinski definition) is 1. The van der Waals surface area contributed by atoms with Crippen molar-refractivity contribution in [2.45, 2.75) is 6.92 Å². The number of benzene rings is 2. The van der Waals surface area contributed by atoms with Crippen LogP contribution in [0.5, 0.6) is 0 Å². The van der Waals surface area contributed by atoms with Crippen molar-refractivity contribution in [3.63, 3.8) is 0 Å². The minimum absolute atomic E-state index is 0.113. The molecule has 0 aliphatic heterocycles. The van der Waals surface area contributed by atoms with Gasteiger partial charge in [-0.05, 0) is 41.8 Å². The van der Waals surface area contributed by atoms with Crippen LogP contribution in [0.15, 0.2) is 72.8 Å². The number of halogens is 1. The van der Waals surface area contributed by atoms with Gasteiger partial charge in [-0.3, -0.25) is 9.59 Å². The van der Waals surface area contributed by atoms with Crippen LogP contribution in [0.3, 0.4) is 0 Å². The molecular formula is C20H18ClNO2. The fraction of sp³-hybridized carbons (Fsp3) is 0.100. The van der Waals surface area contributed by atoms with E-state index >= 15 is 0 Å². The zero-order chi connectivity index (χ0) is 17.5. The summed E-state index contributed by atoms with van der Waals surface area (Å²) in [5, 5.41) is 3.26. The summed E-state index contributed by atoms with van der Waals surface area (Å²) in [6.07, 6.45) is 1.18. The Morgan fingerprint density at radius 1 is 1.08 bits per heavy atom. The summed E-state index contributed by atoms with van der Waals surface area (Å²) in [7, 11) is 0. The Kier molecular flexibility index (Phi) is 6.10. The van der Waals surface area contributed by atoms with Crippen LogP contribution in [0.1, 0.15) is 18.1 Å². The molecule has 0 aromatic heterocycles. The number of hydrogen-bond acceptors (Lipinski definition) is 2. The van der Waals surface area contributed by atoms with Crippen LogP contribution in [-0.4, -0.2) is 18.2 Å². The van der Waals surface area contributed by atoms with Gasteiger partial charge >= 0.3 is 0 Å². The minimum atomic E-state index is -0.327. The van der Waals surface area contributed by atoms with E-state index in [1.54, 1.807) is 6.07 Å². The van der Waals surface area contributed by atoms with Crippen molar-refractivity contribution in [2.24, 2.45) is 0 Å². The average Bonchev–Trinajstić information content (AvgIpc) is 2.58. The van der Waals surface area contributed by atoms with E-state index in [2.05, 4.69) is 11.9 Å². The summed E-state index contributed by atoms with van der Waals surface area (Å²) in [4.78, 5) is 23.8. The van der Waals surface area contributed by atoms with Crippen molar-refractivity contribution in [3.05, 3.63) is 89.0 Å². The maximum Gasteiger partial charge on any atom is 0.243 e. The van der Waals surface area contributed by atoms with Crippen LogP contribution in [0.25, 0.3) is 5.57 Å². The van der Waals surface area contributed by atoms with Gasteiger partial charge in [0.25, 0.3) is 0 Å². The van der Waals surface area contributed by atoms with Crippen molar-refractivity contribution in [1.82, 2.24) is 5.32 Å². The van der Waals surface area contributed by atoms with Gasteiger partial charge in [0, 0.05) is 17.1 Å². The van der Waals surface area contributed by atoms with Crippen molar-refractivity contribution < 1.29 is 9.59 Å². The fourth-order valence-electron chi connectivity index (χ4n) is 2.40. The Morgan fingerprint density at radius 3 is 2.33 bits per heavy atom. The Morgan fingerprint density at radius 2 is 1.75 bits per heavy atom. The van der Waals surface area contributed by atoms with E-state index in [4.69, 9.17) is 11.6 Å². The Labute approximate surface area is 146 Å². The van der Waals surface area contributed by atoms with Crippen molar-refractivity contribution in [1.29, 1.82) is 0 Å². The van der Waals surface area contributed by atoms with E-state index in [0.29, 0.717) is 10.6 Å². The summed E-state index contributed by atoms with van der Waals surface area (Å²) >= 11 is 6.12. The number of carbonyl (C=O) groups excluding carboxylic acids is 2. The molecule has 4 heteroatoms. The lowest BCUT2D eigenvalue weighted by atomic mass is 9.91. The first-order valence-electron chi connectivity index (χ1n) is 7.48. The lowest BCUT2D eigenvalue weighted by Crippen LogP contribution is -2.26. The number of ketones is 1. The van der Waals surface area contributed by atoms with Crippen LogP contribution >= 0.6 is 11.6 Å². The van der Waals surface area contributed by atoms with Crippen LogP contribution in [0, 0.1) is 0 Å². The summed E-state index contributed by atoms with van der Waals surface area (Å²) in [5.41, 5.74) is 2.98. The van der Waals surface area contributed by atoms with Crippen molar-refractivity contribution >= 4 is 28.9 Å². The Bertz CT molecular complexity index is 794. The molecule has 0 radical (unpaired) electrons. The Hall–Kier alpha value is -2.65. The van der Waals surface area contributed by atoms with Gasteiger partial charge in [0.2, 0.25) is 5.91 Å². The van der Waals surface area contributed by atoms with Gasteiger partial charge in [0.15, 0.2) is 5.78 Å². The van der Waals surface area contributed by atoms with E-state index in [9.17, 15) is 9.59 Å². The SMILES string of the molecule is C=CC(=O)NC/C(C(C)=O)=C(\c1ccccc1)c1cccc(Cl)c1. The molecule has 2 rings (SSSR count). The number of carbonyl (C=O) groups is 2. The predicted molar refractivity (Wildman–Crippen MR) is 97.8 cm³/mol. The lowest BCUT2D eigenvalue weighted by molar-refractivity contribution is -0.116. The first-order chi connectivity index (χ1) is 11.5. The lowest BCUT2D eigenvalue weighted by Gasteiger charge is -2.15. The molecule has 2 aromatic rings. The van der Waals surface area contributed by atoms with Crippen LogP contribution in [0.4, 0.5) is 0 Å². The standard InChI is InChI=1S/C20H18ClNO2/c1-3-19(24)22-13-18(14(2)23)20(15-8-5-4-6-9-15)16-10-7-11-17(21)12-16/h3-12H,1,13H2,2H3,(H,22,24)/b20-18-. The molecule has 0 aliphatic rings. The zero-order valence-electron chi connectivity index (χ0n) is 13.4. The van der Waals surface area contributed by atoms with Gasteiger partial charge in [-0.1, -0.05) is 60.6 Å². The third kappa shape index (κ3) is 4.43. The maximum atomic E-state index is 12.2. The van der Waals surface area contributed by atoms with Crippen molar-refractivity contribution in [2.75, 3.05) is 6.54 Å². The first kappa shape index (κ1) is 17.7. The van der Waals surface area contributed by atoms with E-state index in [1.807, 2.05) is 48.5 Å². The third-order valence-electron chi connectivity index (χ3n) is 3.53. The number of amides is 1. The number of Topliss-reactive ketones (excluding diaryl/α,β-unsaturated/α-hetero) is 1. The molecule has 1 amide bonds. The molecule has 0 fully saturated rings. The molecule has 3 nitrogen and oxygen atoms in total. The topological polar surface area (TPSA) is 46.2 Å². The zero-order valence-corrected chi connectivity index (χ0v) is 14.1. The molecule has 0 atom stereocenters. The summed E-state index contributed by atoms with van der Waals surface area (Å²) in [5.74, 6) is -0.439. The fourth-order valence-corrected chi connectivity index (χ4v) is 2.59. The normalized spacial score (nSPS) is 11.4. The van der Waals surface area contributed by atoms with E-state index in [0.717, 1.165) is 16.7 Å². The monoisotopic (exact) mass is 339 g/mol. The highest BCUT2D eigenvalue weighted by atomic mass is 35.5. The Balaban J connectivity index is 2.62. The molecule has 24 heavy (non-hydrogen) atoms. The molecule has 122 valence electrons. The molecule has 1 N–H and O–H groups in total. The highest BCUT2D eigenvalue weighted by Crippen LogP contribution is 2.29. The molecule has 0 spiro atoms. The molecule has 2 aromatic carbocycles. The average molecular weight is 340 g/mol. The molecule has 0 saturated carbocycles. The first-order valence-corrected chi connectivity index (χ1v) is 7.86. The second kappa shape index (κ2) is 8.27. The highest BCUT2D eigenvalue weighted by Gasteiger charge is 2.16. The molecule has 0 bridgehead atoms. The van der Waals surface area contributed by atoms with E-state index in [-0.39, 0.29) is 18.2 Å². The predicted octanol–water partition coefficient (Wildman–Crippen LogP) is 4.03. The van der Waals surface area contributed by atoms with Gasteiger partial charge in [0.05, 0.1) is 0 Å². The molecule has 0 heterocycles. The van der Waals surface area contributed by atoms with E-state index in [1.165, 1.54) is 13.0 Å². The number of rotatable bonds is 6. The van der Waals surface area contributed by atoms with Gasteiger partial charge < -0.3 is 5.32 Å². The van der Waals surface area contributed by atoms with Gasteiger partial charge in [-0.15, -0.1) is 0 Å². The van der Waals surface area contributed by atoms with Crippen LogP contribution in [0.2, 0.25) is 5.02 Å². The quantitative estimate of drug-likeness (QED) is 0.807. The molecule has 0 unspecified atom stereocenters. The maximum absolute atomic E-state index is 12.2. The summed E-state index contributed by atoms with van der Waals surface area (Å²) < 4.78 is 0. The van der Waals surface area contributed by atoms with Gasteiger partial charge in [0.1, 0.15) is 0 Å². The smallest absolute Gasteiger partial charge is 0.243 e. The molecule has 0 saturated heterocycles. The van der Waals surface area contributed by atoms with Gasteiger partial charge in [-0.2, -0.15) is 0 Å². The summed E-state index contributed by atoms with van der Waals surface area (Å²) in [6, 6.07) is 16.9. The molecular weight excluding hydrogens is 322 g/mol. The molecule has 0 aliphatic carbocycles. The largest absolute Gasteiger partial charge is 0.348 e. The van der Waals surface area contributed by atoms with Crippen LogP contribution in [-0.2, 0) is 9.59 Å². The third-order valence-corrected chi connectivity index (χ3v) is 3.76. The summed E-state index contributed by atoms with van der Waals surface area (Å²) in [6.45, 7) is 5.04. The van der Waals surface area contributed by atoms with Crippen molar-refractivity contribution in [3.8, 4) is 0 Å². The number of nitrogens with one attached hydrogen (secondary N) is 1. The van der Waals surface area contributed by atoms with Gasteiger partial charge in [-0.25, -0.2) is 0 Å². The minimum Gasteiger partial charge on any atom is -0.348 e.